The van der Waals surface area contributed by atoms with Gasteiger partial charge in [0.15, 0.2) is 0 Å². The molecule has 0 aliphatic heterocycles. The van der Waals surface area contributed by atoms with Crippen molar-refractivity contribution in [1.29, 1.82) is 0 Å². The van der Waals surface area contributed by atoms with Crippen LogP contribution in [0.1, 0.15) is 28.8 Å². The molecule has 0 heterocycles. The molecule has 1 aliphatic carbocycles. The molecule has 0 radical (unpaired) electrons. The van der Waals surface area contributed by atoms with Gasteiger partial charge in [0.2, 0.25) is 0 Å². The predicted octanol–water partition coefficient (Wildman–Crippen LogP) is 2.75. The monoisotopic (exact) mass is 267 g/mol. The number of halogens is 1. The first-order chi connectivity index (χ1) is 8.60. The smallest absolute Gasteiger partial charge is 0.255 e. The van der Waals surface area contributed by atoms with E-state index in [0.29, 0.717) is 23.7 Å². The van der Waals surface area contributed by atoms with Crippen molar-refractivity contribution in [1.82, 2.24) is 5.32 Å². The summed E-state index contributed by atoms with van der Waals surface area (Å²) in [5, 5.41) is 2.95. The third kappa shape index (κ3) is 2.78. The predicted molar refractivity (Wildman–Crippen MR) is 72.5 cm³/mol. The van der Waals surface area contributed by atoms with Gasteiger partial charge in [-0.1, -0.05) is 11.6 Å². The summed E-state index contributed by atoms with van der Waals surface area (Å²) in [7, 11) is 1.57. The summed E-state index contributed by atoms with van der Waals surface area (Å²) in [4.78, 5) is 12.1. The molecular weight excluding hydrogens is 250 g/mol. The molecule has 0 aromatic heterocycles. The normalized spacial score (nSPS) is 16.2. The standard InChI is InChI=1S/C14H18ClNO2/c1-10-3-4-12(18-2)11(7-10)13(17)16-9-14(8-15)5-6-14/h3-4,7H,5-6,8-9H2,1-2H3,(H,16,17). The second-order valence-corrected chi connectivity index (χ2v) is 5.29. The van der Waals surface area contributed by atoms with Gasteiger partial charge in [-0.25, -0.2) is 0 Å². The number of ether oxygens (including phenoxy) is 1. The number of hydrogen-bond acceptors (Lipinski definition) is 2. The summed E-state index contributed by atoms with van der Waals surface area (Å²) in [6, 6.07) is 5.59. The Morgan fingerprint density at radius 3 is 2.78 bits per heavy atom. The minimum Gasteiger partial charge on any atom is -0.496 e. The molecule has 1 fully saturated rings. The summed E-state index contributed by atoms with van der Waals surface area (Å²) < 4.78 is 5.21. The van der Waals surface area contributed by atoms with E-state index in [-0.39, 0.29) is 11.3 Å². The maximum absolute atomic E-state index is 12.1. The van der Waals surface area contributed by atoms with Crippen molar-refractivity contribution >= 4 is 17.5 Å². The van der Waals surface area contributed by atoms with E-state index >= 15 is 0 Å². The molecule has 98 valence electrons. The number of carbonyl (C=O) groups excluding carboxylic acids is 1. The van der Waals surface area contributed by atoms with Gasteiger partial charge in [0.05, 0.1) is 12.7 Å². The highest BCUT2D eigenvalue weighted by atomic mass is 35.5. The van der Waals surface area contributed by atoms with E-state index in [9.17, 15) is 4.79 Å². The third-order valence-corrected chi connectivity index (χ3v) is 4.03. The number of rotatable bonds is 5. The SMILES string of the molecule is COc1ccc(C)cc1C(=O)NCC1(CCl)CC1. The lowest BCUT2D eigenvalue weighted by Crippen LogP contribution is -2.31. The number of benzene rings is 1. The zero-order valence-electron chi connectivity index (χ0n) is 10.8. The summed E-state index contributed by atoms with van der Waals surface area (Å²) >= 11 is 5.89. The maximum atomic E-state index is 12.1. The lowest BCUT2D eigenvalue weighted by molar-refractivity contribution is 0.0943. The van der Waals surface area contributed by atoms with E-state index in [2.05, 4.69) is 5.32 Å². The average Bonchev–Trinajstić information content (AvgIpc) is 3.16. The van der Waals surface area contributed by atoms with Crippen molar-refractivity contribution < 1.29 is 9.53 Å². The number of alkyl halides is 1. The van der Waals surface area contributed by atoms with Gasteiger partial charge in [0.25, 0.3) is 5.91 Å². The lowest BCUT2D eigenvalue weighted by Gasteiger charge is -2.14. The van der Waals surface area contributed by atoms with Crippen LogP contribution in [0.3, 0.4) is 0 Å². The Kier molecular flexibility index (Phi) is 3.81. The summed E-state index contributed by atoms with van der Waals surface area (Å²) in [6.07, 6.45) is 2.20. The number of hydrogen-bond donors (Lipinski definition) is 1. The van der Waals surface area contributed by atoms with Crippen LogP contribution in [0.2, 0.25) is 0 Å². The van der Waals surface area contributed by atoms with Crippen LogP contribution in [-0.4, -0.2) is 25.4 Å². The van der Waals surface area contributed by atoms with Gasteiger partial charge in [-0.3, -0.25) is 4.79 Å². The van der Waals surface area contributed by atoms with Crippen molar-refractivity contribution in [2.45, 2.75) is 19.8 Å². The summed E-state index contributed by atoms with van der Waals surface area (Å²) in [5.41, 5.74) is 1.76. The highest BCUT2D eigenvalue weighted by Gasteiger charge is 2.41. The number of aryl methyl sites for hydroxylation is 1. The molecule has 1 aliphatic rings. The Morgan fingerprint density at radius 1 is 1.50 bits per heavy atom. The van der Waals surface area contributed by atoms with Crippen LogP contribution in [0.15, 0.2) is 18.2 Å². The first-order valence-electron chi connectivity index (χ1n) is 6.09. The fourth-order valence-corrected chi connectivity index (χ4v) is 2.26. The van der Waals surface area contributed by atoms with Crippen molar-refractivity contribution in [3.05, 3.63) is 29.3 Å². The molecule has 1 aromatic carbocycles. The highest BCUT2D eigenvalue weighted by molar-refractivity contribution is 6.18. The molecule has 18 heavy (non-hydrogen) atoms. The van der Waals surface area contributed by atoms with E-state index in [0.717, 1.165) is 18.4 Å². The molecule has 1 amide bonds. The van der Waals surface area contributed by atoms with Gasteiger partial charge in [0, 0.05) is 17.8 Å². The summed E-state index contributed by atoms with van der Waals surface area (Å²) in [5.74, 6) is 1.12. The molecule has 3 nitrogen and oxygen atoms in total. The van der Waals surface area contributed by atoms with Crippen molar-refractivity contribution in [2.75, 3.05) is 19.5 Å². The number of carbonyl (C=O) groups is 1. The number of nitrogens with one attached hydrogen (secondary N) is 1. The van der Waals surface area contributed by atoms with E-state index < -0.39 is 0 Å². The van der Waals surface area contributed by atoms with Gasteiger partial charge >= 0.3 is 0 Å². The second-order valence-electron chi connectivity index (χ2n) is 5.02. The van der Waals surface area contributed by atoms with Crippen LogP contribution in [0.4, 0.5) is 0 Å². The molecule has 1 aromatic rings. The highest BCUT2D eigenvalue weighted by Crippen LogP contribution is 2.45. The molecule has 1 N–H and O–H groups in total. The third-order valence-electron chi connectivity index (χ3n) is 3.46. The molecule has 0 unspecified atom stereocenters. The number of amides is 1. The fourth-order valence-electron chi connectivity index (χ4n) is 1.90. The molecular formula is C14H18ClNO2. The van der Waals surface area contributed by atoms with Crippen LogP contribution in [0, 0.1) is 12.3 Å². The van der Waals surface area contributed by atoms with Gasteiger partial charge in [-0.15, -0.1) is 11.6 Å². The molecule has 0 atom stereocenters. The maximum Gasteiger partial charge on any atom is 0.255 e. The summed E-state index contributed by atoms with van der Waals surface area (Å²) in [6.45, 7) is 2.60. The molecule has 2 rings (SSSR count). The number of methoxy groups -OCH3 is 1. The first-order valence-corrected chi connectivity index (χ1v) is 6.62. The van der Waals surface area contributed by atoms with Crippen LogP contribution in [-0.2, 0) is 0 Å². The van der Waals surface area contributed by atoms with Crippen molar-refractivity contribution in [2.24, 2.45) is 5.41 Å². The average molecular weight is 268 g/mol. The van der Waals surface area contributed by atoms with Gasteiger partial charge in [-0.2, -0.15) is 0 Å². The molecule has 0 spiro atoms. The molecule has 0 bridgehead atoms. The van der Waals surface area contributed by atoms with Gasteiger partial charge in [-0.05, 0) is 31.9 Å². The quantitative estimate of drug-likeness (QED) is 0.833. The Hall–Kier alpha value is -1.22. The first kappa shape index (κ1) is 13.2. The Balaban J connectivity index is 2.06. The Morgan fingerprint density at radius 2 is 2.22 bits per heavy atom. The van der Waals surface area contributed by atoms with Crippen LogP contribution >= 0.6 is 11.6 Å². The van der Waals surface area contributed by atoms with Gasteiger partial charge in [0.1, 0.15) is 5.75 Å². The lowest BCUT2D eigenvalue weighted by atomic mass is 10.1. The fraction of sp³-hybridized carbons (Fsp3) is 0.500. The zero-order valence-corrected chi connectivity index (χ0v) is 11.5. The van der Waals surface area contributed by atoms with Crippen LogP contribution < -0.4 is 10.1 Å². The van der Waals surface area contributed by atoms with Crippen molar-refractivity contribution in [3.8, 4) is 5.75 Å². The zero-order chi connectivity index (χ0) is 13.2. The molecule has 1 saturated carbocycles. The Bertz CT molecular complexity index is 455. The van der Waals surface area contributed by atoms with E-state index in [4.69, 9.17) is 16.3 Å². The topological polar surface area (TPSA) is 38.3 Å². The molecule has 4 heteroatoms. The molecule has 0 saturated heterocycles. The minimum absolute atomic E-state index is 0.0908. The minimum atomic E-state index is -0.0908. The second kappa shape index (κ2) is 5.19. The van der Waals surface area contributed by atoms with Crippen molar-refractivity contribution in [3.63, 3.8) is 0 Å². The van der Waals surface area contributed by atoms with E-state index in [1.165, 1.54) is 0 Å². The largest absolute Gasteiger partial charge is 0.496 e. The van der Waals surface area contributed by atoms with E-state index in [1.54, 1.807) is 7.11 Å². The van der Waals surface area contributed by atoms with Crippen LogP contribution in [0.5, 0.6) is 5.75 Å². The Labute approximate surface area is 112 Å². The van der Waals surface area contributed by atoms with Gasteiger partial charge < -0.3 is 10.1 Å². The van der Waals surface area contributed by atoms with Crippen LogP contribution in [0.25, 0.3) is 0 Å². The van der Waals surface area contributed by atoms with E-state index in [1.807, 2.05) is 25.1 Å².